The van der Waals surface area contributed by atoms with Crippen molar-refractivity contribution in [3.8, 4) is 17.1 Å². The molecule has 0 fully saturated rings. The molecule has 1 N–H and O–H groups in total. The molecule has 216 valence electrons. The van der Waals surface area contributed by atoms with Gasteiger partial charge in [-0.2, -0.15) is 18.3 Å². The van der Waals surface area contributed by atoms with Crippen LogP contribution in [0.4, 0.5) is 24.7 Å². The molecule has 6 rings (SSSR count). The number of hydrogen-bond acceptors (Lipinski definition) is 6. The monoisotopic (exact) mass is 581 g/mol. The molecule has 0 amide bonds. The summed E-state index contributed by atoms with van der Waals surface area (Å²) in [4.78, 5) is 27.0. The van der Waals surface area contributed by atoms with E-state index < -0.39 is 11.7 Å². The fraction of sp³-hybridized carbons (Fsp3) is 0.156. The quantitative estimate of drug-likeness (QED) is 0.204. The lowest BCUT2D eigenvalue weighted by molar-refractivity contribution is -0.137. The highest BCUT2D eigenvalue weighted by atomic mass is 19.4. The SMILES string of the molecule is Cc1ccn(-c2cc(CC(=O)c3ccc(C)c(Nc4nc(-c5cccnc5)nc5c4cnn5C)c3)cc(C(F)(F)F)c2)c1. The van der Waals surface area contributed by atoms with Crippen molar-refractivity contribution in [2.75, 3.05) is 5.32 Å². The molecule has 0 saturated carbocycles. The van der Waals surface area contributed by atoms with Gasteiger partial charge in [0.2, 0.25) is 0 Å². The number of aryl methyl sites for hydroxylation is 3. The van der Waals surface area contributed by atoms with Gasteiger partial charge < -0.3 is 9.88 Å². The van der Waals surface area contributed by atoms with E-state index in [1.807, 2.05) is 26.0 Å². The van der Waals surface area contributed by atoms with Crippen LogP contribution < -0.4 is 5.32 Å². The molecule has 0 saturated heterocycles. The van der Waals surface area contributed by atoms with Crippen LogP contribution >= 0.6 is 0 Å². The third kappa shape index (κ3) is 5.74. The first-order valence-corrected chi connectivity index (χ1v) is 13.4. The normalized spacial score (nSPS) is 11.7. The first-order valence-electron chi connectivity index (χ1n) is 13.4. The van der Waals surface area contributed by atoms with Crippen molar-refractivity contribution in [2.45, 2.75) is 26.4 Å². The first-order chi connectivity index (χ1) is 20.5. The minimum absolute atomic E-state index is 0.203. The molecule has 0 aliphatic heterocycles. The average molecular weight is 582 g/mol. The van der Waals surface area contributed by atoms with Crippen LogP contribution in [0.2, 0.25) is 0 Å². The van der Waals surface area contributed by atoms with E-state index in [4.69, 9.17) is 4.98 Å². The second-order valence-electron chi connectivity index (χ2n) is 10.4. The zero-order valence-electron chi connectivity index (χ0n) is 23.5. The van der Waals surface area contributed by atoms with Gasteiger partial charge in [-0.3, -0.25) is 14.5 Å². The molecule has 11 heteroatoms. The predicted octanol–water partition coefficient (Wildman–Crippen LogP) is 7.02. The summed E-state index contributed by atoms with van der Waals surface area (Å²) in [7, 11) is 1.79. The van der Waals surface area contributed by atoms with Crippen LogP contribution in [0.3, 0.4) is 0 Å². The van der Waals surface area contributed by atoms with Gasteiger partial charge >= 0.3 is 6.18 Å². The van der Waals surface area contributed by atoms with Crippen LogP contribution in [0.5, 0.6) is 0 Å². The second-order valence-corrected chi connectivity index (χ2v) is 10.4. The number of Topliss-reactive ketones (excluding diaryl/α,β-unsaturated/α-hetero) is 1. The molecule has 6 aromatic rings. The molecule has 0 bridgehead atoms. The maximum Gasteiger partial charge on any atom is 0.416 e. The van der Waals surface area contributed by atoms with Gasteiger partial charge in [-0.15, -0.1) is 0 Å². The van der Waals surface area contributed by atoms with Gasteiger partial charge in [-0.05, 0) is 73.0 Å². The number of pyridine rings is 1. The summed E-state index contributed by atoms with van der Waals surface area (Å²) < 4.78 is 44.5. The van der Waals surface area contributed by atoms with Crippen molar-refractivity contribution in [3.05, 3.63) is 113 Å². The van der Waals surface area contributed by atoms with Gasteiger partial charge in [0.1, 0.15) is 5.82 Å². The van der Waals surface area contributed by atoms with E-state index in [9.17, 15) is 18.0 Å². The minimum atomic E-state index is -4.55. The maximum absolute atomic E-state index is 13.8. The Morgan fingerprint density at radius 3 is 2.56 bits per heavy atom. The van der Waals surface area contributed by atoms with Crippen LogP contribution in [0.1, 0.15) is 32.6 Å². The Kier molecular flexibility index (Phi) is 7.01. The van der Waals surface area contributed by atoms with Gasteiger partial charge in [0.05, 0.1) is 17.1 Å². The molecule has 0 radical (unpaired) electrons. The van der Waals surface area contributed by atoms with Crippen molar-refractivity contribution in [1.82, 2.24) is 29.3 Å². The van der Waals surface area contributed by atoms with Gasteiger partial charge in [0.25, 0.3) is 0 Å². The first kappa shape index (κ1) is 27.8. The smallest absolute Gasteiger partial charge is 0.339 e. The Bertz CT molecular complexity index is 1980. The maximum atomic E-state index is 13.8. The number of ketones is 1. The van der Waals surface area contributed by atoms with E-state index in [0.29, 0.717) is 39.6 Å². The molecule has 0 spiro atoms. The number of nitrogens with one attached hydrogen (secondary N) is 1. The van der Waals surface area contributed by atoms with E-state index in [0.717, 1.165) is 28.8 Å². The molecule has 2 aromatic carbocycles. The average Bonchev–Trinajstić information content (AvgIpc) is 3.59. The van der Waals surface area contributed by atoms with Crippen molar-refractivity contribution >= 4 is 28.3 Å². The van der Waals surface area contributed by atoms with Crippen LogP contribution in [-0.4, -0.2) is 35.1 Å². The lowest BCUT2D eigenvalue weighted by Crippen LogP contribution is -2.10. The number of anilines is 2. The molecular weight excluding hydrogens is 555 g/mol. The van der Waals surface area contributed by atoms with Gasteiger partial charge in [0, 0.05) is 60.8 Å². The van der Waals surface area contributed by atoms with Crippen molar-refractivity contribution < 1.29 is 18.0 Å². The summed E-state index contributed by atoms with van der Waals surface area (Å²) in [6.45, 7) is 3.75. The minimum Gasteiger partial charge on any atom is -0.339 e. The van der Waals surface area contributed by atoms with Crippen LogP contribution in [0.25, 0.3) is 28.1 Å². The molecule has 4 heterocycles. The number of carbonyl (C=O) groups excluding carboxylic acids is 1. The summed E-state index contributed by atoms with van der Waals surface area (Å²) in [5.41, 5.74) is 3.88. The van der Waals surface area contributed by atoms with Crippen molar-refractivity contribution in [2.24, 2.45) is 7.05 Å². The highest BCUT2D eigenvalue weighted by molar-refractivity contribution is 5.99. The summed E-state index contributed by atoms with van der Waals surface area (Å²) in [5, 5.41) is 8.34. The van der Waals surface area contributed by atoms with Crippen LogP contribution in [0.15, 0.2) is 85.6 Å². The Balaban J connectivity index is 1.33. The van der Waals surface area contributed by atoms with Gasteiger partial charge in [-0.1, -0.05) is 12.1 Å². The molecule has 43 heavy (non-hydrogen) atoms. The van der Waals surface area contributed by atoms with E-state index >= 15 is 0 Å². The van der Waals surface area contributed by atoms with Gasteiger partial charge in [-0.25, -0.2) is 9.97 Å². The van der Waals surface area contributed by atoms with Crippen molar-refractivity contribution in [3.63, 3.8) is 0 Å². The van der Waals surface area contributed by atoms with Crippen molar-refractivity contribution in [1.29, 1.82) is 0 Å². The lowest BCUT2D eigenvalue weighted by Gasteiger charge is -2.14. The highest BCUT2D eigenvalue weighted by Crippen LogP contribution is 2.33. The molecule has 0 atom stereocenters. The number of fused-ring (bicyclic) bond motifs is 1. The van der Waals surface area contributed by atoms with E-state index in [2.05, 4.69) is 20.4 Å². The Morgan fingerprint density at radius 1 is 1.00 bits per heavy atom. The number of alkyl halides is 3. The second kappa shape index (κ2) is 10.8. The molecule has 0 unspecified atom stereocenters. The third-order valence-corrected chi connectivity index (χ3v) is 7.13. The summed E-state index contributed by atoms with van der Waals surface area (Å²) in [5.74, 6) is 0.631. The number of rotatable bonds is 7. The molecule has 4 aromatic heterocycles. The largest absolute Gasteiger partial charge is 0.416 e. The molecule has 0 aliphatic carbocycles. The Labute approximate surface area is 244 Å². The van der Waals surface area contributed by atoms with E-state index in [1.165, 1.54) is 0 Å². The fourth-order valence-electron chi connectivity index (χ4n) is 4.84. The Hall–Kier alpha value is -5.32. The summed E-state index contributed by atoms with van der Waals surface area (Å²) >= 11 is 0. The number of halogens is 3. The molecule has 8 nitrogen and oxygen atoms in total. The van der Waals surface area contributed by atoms with E-state index in [-0.39, 0.29) is 17.8 Å². The number of carbonyl (C=O) groups is 1. The standard InChI is InChI=1S/C32H26F3N7O/c1-19-8-10-42(18-19)25-12-21(11-24(15-25)32(33,34)35)13-28(43)22-7-6-20(2)27(14-22)38-30-26-17-37-41(3)31(26)40-29(39-30)23-5-4-9-36-16-23/h4-12,14-18H,13H2,1-3H3,(H,38,39,40). The Morgan fingerprint density at radius 2 is 1.84 bits per heavy atom. The number of benzene rings is 2. The summed E-state index contributed by atoms with van der Waals surface area (Å²) in [6.07, 6.45) is 3.67. The fourth-order valence-corrected chi connectivity index (χ4v) is 4.84. The van der Waals surface area contributed by atoms with E-state index in [1.54, 1.807) is 77.6 Å². The number of hydrogen-bond donors (Lipinski definition) is 1. The molecular formula is C32H26F3N7O. The zero-order chi connectivity index (χ0) is 30.3. The van der Waals surface area contributed by atoms with Crippen LogP contribution in [-0.2, 0) is 19.6 Å². The highest BCUT2D eigenvalue weighted by Gasteiger charge is 2.31. The topological polar surface area (TPSA) is 90.5 Å². The number of nitrogens with zero attached hydrogens (tertiary/aromatic N) is 6. The van der Waals surface area contributed by atoms with Gasteiger partial charge in [0.15, 0.2) is 17.3 Å². The molecule has 0 aliphatic rings. The number of aromatic nitrogens is 6. The lowest BCUT2D eigenvalue weighted by atomic mass is 9.99. The third-order valence-electron chi connectivity index (χ3n) is 7.13. The van der Waals surface area contributed by atoms with Crippen LogP contribution in [0, 0.1) is 13.8 Å². The summed E-state index contributed by atoms with van der Waals surface area (Å²) in [6, 6.07) is 14.3. The predicted molar refractivity (Wildman–Crippen MR) is 158 cm³/mol. The zero-order valence-corrected chi connectivity index (χ0v) is 23.5.